The van der Waals surface area contributed by atoms with Crippen molar-refractivity contribution in [3.05, 3.63) is 24.3 Å². The van der Waals surface area contributed by atoms with Gasteiger partial charge < -0.3 is 10.6 Å². The van der Waals surface area contributed by atoms with Gasteiger partial charge in [-0.2, -0.15) is 5.26 Å². The molecule has 0 radical (unpaired) electrons. The Morgan fingerprint density at radius 3 is 2.67 bits per heavy atom. The summed E-state index contributed by atoms with van der Waals surface area (Å²) in [6.45, 7) is 2.44. The van der Waals surface area contributed by atoms with Crippen LogP contribution in [0.15, 0.2) is 29.2 Å². The van der Waals surface area contributed by atoms with Crippen molar-refractivity contribution < 1.29 is 4.79 Å². The number of carbonyl (C=O) groups excluding carboxylic acids is 1. The first-order chi connectivity index (χ1) is 7.26. The van der Waals surface area contributed by atoms with E-state index in [-0.39, 0.29) is 6.03 Å². The van der Waals surface area contributed by atoms with Crippen LogP contribution in [0.4, 0.5) is 10.5 Å². The molecule has 0 saturated carbocycles. The molecule has 0 unspecified atom stereocenters. The van der Waals surface area contributed by atoms with E-state index < -0.39 is 0 Å². The fraction of sp³-hybridized carbons (Fsp3) is 0.200. The zero-order chi connectivity index (χ0) is 11.1. The molecule has 15 heavy (non-hydrogen) atoms. The molecule has 2 amide bonds. The van der Waals surface area contributed by atoms with Gasteiger partial charge in [0, 0.05) is 17.1 Å². The molecule has 0 bridgehead atoms. The number of thiocyanates is 1. The Morgan fingerprint density at radius 1 is 1.47 bits per heavy atom. The van der Waals surface area contributed by atoms with Gasteiger partial charge in [0.15, 0.2) is 0 Å². The topological polar surface area (TPSA) is 64.9 Å². The molecule has 0 aromatic heterocycles. The number of nitriles is 1. The van der Waals surface area contributed by atoms with Crippen molar-refractivity contribution in [2.24, 2.45) is 0 Å². The Kier molecular flexibility index (Phi) is 4.51. The first-order valence-electron chi connectivity index (χ1n) is 4.47. The molecule has 0 aliphatic rings. The lowest BCUT2D eigenvalue weighted by atomic mass is 10.3. The monoisotopic (exact) mass is 221 g/mol. The average molecular weight is 221 g/mol. The largest absolute Gasteiger partial charge is 0.338 e. The van der Waals surface area contributed by atoms with Gasteiger partial charge in [-0.05, 0) is 43.0 Å². The fourth-order valence-corrected chi connectivity index (χ4v) is 1.37. The van der Waals surface area contributed by atoms with E-state index in [9.17, 15) is 4.79 Å². The molecule has 0 aliphatic carbocycles. The van der Waals surface area contributed by atoms with Crippen molar-refractivity contribution >= 4 is 23.5 Å². The number of nitrogens with one attached hydrogen (secondary N) is 2. The molecule has 0 spiro atoms. The van der Waals surface area contributed by atoms with E-state index in [4.69, 9.17) is 5.26 Å². The van der Waals surface area contributed by atoms with E-state index in [0.717, 1.165) is 16.7 Å². The highest BCUT2D eigenvalue weighted by Gasteiger charge is 1.99. The predicted molar refractivity (Wildman–Crippen MR) is 60.6 cm³/mol. The third kappa shape index (κ3) is 3.92. The minimum Gasteiger partial charge on any atom is -0.338 e. The van der Waals surface area contributed by atoms with Gasteiger partial charge in [0.25, 0.3) is 0 Å². The lowest BCUT2D eigenvalue weighted by molar-refractivity contribution is 0.252. The van der Waals surface area contributed by atoms with Crippen LogP contribution in [0.3, 0.4) is 0 Å². The van der Waals surface area contributed by atoms with E-state index in [0.29, 0.717) is 12.2 Å². The summed E-state index contributed by atoms with van der Waals surface area (Å²) in [6.07, 6.45) is 0. The summed E-state index contributed by atoms with van der Waals surface area (Å²) in [5.74, 6) is 0. The second-order valence-corrected chi connectivity index (χ2v) is 3.56. The van der Waals surface area contributed by atoms with Crippen molar-refractivity contribution in [1.29, 1.82) is 5.26 Å². The first-order valence-corrected chi connectivity index (χ1v) is 5.28. The number of nitrogens with zero attached hydrogens (tertiary/aromatic N) is 1. The maximum Gasteiger partial charge on any atom is 0.319 e. The average Bonchev–Trinajstić information content (AvgIpc) is 2.22. The third-order valence-electron chi connectivity index (χ3n) is 1.61. The van der Waals surface area contributed by atoms with Crippen LogP contribution in [0, 0.1) is 10.7 Å². The van der Waals surface area contributed by atoms with Gasteiger partial charge in [0.05, 0.1) is 0 Å². The van der Waals surface area contributed by atoms with E-state index in [1.807, 2.05) is 12.3 Å². The van der Waals surface area contributed by atoms with Crippen LogP contribution >= 0.6 is 11.8 Å². The van der Waals surface area contributed by atoms with E-state index in [1.165, 1.54) is 0 Å². The molecule has 78 valence electrons. The molecule has 0 saturated heterocycles. The van der Waals surface area contributed by atoms with Crippen molar-refractivity contribution in [2.45, 2.75) is 11.8 Å². The fourth-order valence-electron chi connectivity index (χ4n) is 0.995. The maximum absolute atomic E-state index is 11.1. The predicted octanol–water partition coefficient (Wildman–Crippen LogP) is 2.40. The minimum atomic E-state index is -0.224. The normalized spacial score (nSPS) is 9.07. The molecular formula is C10H11N3OS. The van der Waals surface area contributed by atoms with Crippen LogP contribution in [0.25, 0.3) is 0 Å². The number of hydrogen-bond acceptors (Lipinski definition) is 3. The van der Waals surface area contributed by atoms with Crippen LogP contribution in [-0.2, 0) is 0 Å². The van der Waals surface area contributed by atoms with Gasteiger partial charge >= 0.3 is 6.03 Å². The molecule has 0 aliphatic heterocycles. The summed E-state index contributed by atoms with van der Waals surface area (Å²) in [6, 6.07) is 6.87. The quantitative estimate of drug-likeness (QED) is 0.608. The summed E-state index contributed by atoms with van der Waals surface area (Å²) in [5, 5.41) is 15.7. The standard InChI is InChI=1S/C10H11N3OS/c1-2-12-10(14)13-8-3-5-9(6-4-8)15-7-11/h3-6H,2H2,1H3,(H2,12,13,14). The number of amides is 2. The SMILES string of the molecule is CCNC(=O)Nc1ccc(SC#N)cc1. The highest BCUT2D eigenvalue weighted by Crippen LogP contribution is 2.18. The maximum atomic E-state index is 11.1. The van der Waals surface area contributed by atoms with Gasteiger partial charge in [-0.25, -0.2) is 4.79 Å². The van der Waals surface area contributed by atoms with Crippen molar-refractivity contribution in [1.82, 2.24) is 5.32 Å². The summed E-state index contributed by atoms with van der Waals surface area (Å²) >= 11 is 1.09. The van der Waals surface area contributed by atoms with Gasteiger partial charge in [-0.3, -0.25) is 0 Å². The van der Waals surface area contributed by atoms with Crippen LogP contribution in [0.1, 0.15) is 6.92 Å². The second-order valence-electron chi connectivity index (χ2n) is 2.70. The van der Waals surface area contributed by atoms with Crippen molar-refractivity contribution in [3.63, 3.8) is 0 Å². The molecule has 0 fully saturated rings. The Labute approximate surface area is 92.7 Å². The zero-order valence-corrected chi connectivity index (χ0v) is 9.10. The van der Waals surface area contributed by atoms with Crippen LogP contribution in [0.2, 0.25) is 0 Å². The Bertz CT molecular complexity index is 369. The van der Waals surface area contributed by atoms with E-state index in [1.54, 1.807) is 24.3 Å². The second kappa shape index (κ2) is 5.94. The number of benzene rings is 1. The number of thioether (sulfide) groups is 1. The summed E-state index contributed by atoms with van der Waals surface area (Å²) in [7, 11) is 0. The lowest BCUT2D eigenvalue weighted by Gasteiger charge is -2.05. The van der Waals surface area contributed by atoms with Crippen LogP contribution < -0.4 is 10.6 Å². The molecular weight excluding hydrogens is 210 g/mol. The molecule has 0 heterocycles. The lowest BCUT2D eigenvalue weighted by Crippen LogP contribution is -2.28. The number of hydrogen-bond donors (Lipinski definition) is 2. The Balaban J connectivity index is 2.57. The molecule has 5 heteroatoms. The zero-order valence-electron chi connectivity index (χ0n) is 8.28. The Hall–Kier alpha value is -1.67. The third-order valence-corrected chi connectivity index (χ3v) is 2.21. The summed E-state index contributed by atoms with van der Waals surface area (Å²) in [4.78, 5) is 12.0. The first kappa shape index (κ1) is 11.4. The molecule has 4 nitrogen and oxygen atoms in total. The van der Waals surface area contributed by atoms with Crippen molar-refractivity contribution in [3.8, 4) is 5.40 Å². The summed E-state index contributed by atoms with van der Waals surface area (Å²) < 4.78 is 0. The van der Waals surface area contributed by atoms with Crippen molar-refractivity contribution in [2.75, 3.05) is 11.9 Å². The molecule has 1 rings (SSSR count). The molecule has 2 N–H and O–H groups in total. The molecule has 1 aromatic carbocycles. The number of urea groups is 1. The summed E-state index contributed by atoms with van der Waals surface area (Å²) in [5.41, 5.74) is 0.711. The molecule has 0 atom stereocenters. The molecule has 1 aromatic rings. The van der Waals surface area contributed by atoms with Gasteiger partial charge in [0.1, 0.15) is 5.40 Å². The van der Waals surface area contributed by atoms with E-state index >= 15 is 0 Å². The van der Waals surface area contributed by atoms with Gasteiger partial charge in [0.2, 0.25) is 0 Å². The van der Waals surface area contributed by atoms with Gasteiger partial charge in [-0.1, -0.05) is 0 Å². The van der Waals surface area contributed by atoms with Gasteiger partial charge in [-0.15, -0.1) is 0 Å². The number of rotatable bonds is 3. The highest BCUT2D eigenvalue weighted by atomic mass is 32.2. The number of carbonyl (C=O) groups is 1. The van der Waals surface area contributed by atoms with E-state index in [2.05, 4.69) is 10.6 Å². The smallest absolute Gasteiger partial charge is 0.319 e. The number of anilines is 1. The minimum absolute atomic E-state index is 0.224. The Morgan fingerprint density at radius 2 is 2.13 bits per heavy atom. The van der Waals surface area contributed by atoms with Crippen LogP contribution in [0.5, 0.6) is 0 Å². The highest BCUT2D eigenvalue weighted by molar-refractivity contribution is 8.03. The van der Waals surface area contributed by atoms with Crippen LogP contribution in [-0.4, -0.2) is 12.6 Å².